The second-order valence-corrected chi connectivity index (χ2v) is 5.95. The van der Waals surface area contributed by atoms with Gasteiger partial charge in [0.1, 0.15) is 0 Å². The number of esters is 1. The van der Waals surface area contributed by atoms with Crippen molar-refractivity contribution in [2.45, 2.75) is 46.6 Å². The average molecular weight is 291 g/mol. The van der Waals surface area contributed by atoms with Crippen LogP contribution in [-0.2, 0) is 9.53 Å². The van der Waals surface area contributed by atoms with Gasteiger partial charge in [0.2, 0.25) is 0 Å². The molecular weight excluding hydrogens is 266 g/mol. The second-order valence-electron chi connectivity index (χ2n) is 5.95. The van der Waals surface area contributed by atoms with Crippen molar-refractivity contribution in [3.05, 3.63) is 35.4 Å². The predicted octanol–water partition coefficient (Wildman–Crippen LogP) is 3.13. The minimum atomic E-state index is -0.474. The third-order valence-electron chi connectivity index (χ3n) is 3.54. The Kier molecular flexibility index (Phi) is 6.40. The Labute approximate surface area is 126 Å². The third kappa shape index (κ3) is 5.58. The van der Waals surface area contributed by atoms with E-state index < -0.39 is 5.97 Å². The van der Waals surface area contributed by atoms with Gasteiger partial charge >= 0.3 is 5.97 Å². The zero-order chi connectivity index (χ0) is 16.0. The summed E-state index contributed by atoms with van der Waals surface area (Å²) in [6.45, 7) is 9.90. The van der Waals surface area contributed by atoms with E-state index in [1.165, 1.54) is 0 Å². The van der Waals surface area contributed by atoms with E-state index >= 15 is 0 Å². The van der Waals surface area contributed by atoms with E-state index in [9.17, 15) is 9.59 Å². The van der Waals surface area contributed by atoms with Crippen LogP contribution in [0.2, 0.25) is 0 Å². The van der Waals surface area contributed by atoms with Gasteiger partial charge in [0.15, 0.2) is 6.61 Å². The van der Waals surface area contributed by atoms with Crippen LogP contribution in [0, 0.1) is 5.92 Å². The normalized spacial score (nSPS) is 12.3. The molecular formula is C17H25NO3. The van der Waals surface area contributed by atoms with Crippen molar-refractivity contribution in [2.75, 3.05) is 6.61 Å². The quantitative estimate of drug-likeness (QED) is 0.819. The Morgan fingerprint density at radius 1 is 1.05 bits per heavy atom. The summed E-state index contributed by atoms with van der Waals surface area (Å²) in [4.78, 5) is 23.5. The first-order chi connectivity index (χ1) is 9.81. The lowest BCUT2D eigenvalue weighted by molar-refractivity contribution is -0.125. The summed E-state index contributed by atoms with van der Waals surface area (Å²) in [5.74, 6) is 0.00704. The highest BCUT2D eigenvalue weighted by Crippen LogP contribution is 2.15. The Balaban J connectivity index is 2.48. The summed E-state index contributed by atoms with van der Waals surface area (Å²) in [7, 11) is 0. The first kappa shape index (κ1) is 17.2. The highest BCUT2D eigenvalue weighted by molar-refractivity contribution is 5.91. The summed E-state index contributed by atoms with van der Waals surface area (Å²) >= 11 is 0. The SMILES string of the molecule is CC(C)c1ccc(C(=O)OCC(=O)N[C@@H](C)C(C)C)cc1. The van der Waals surface area contributed by atoms with Crippen LogP contribution in [0.1, 0.15) is 56.5 Å². The van der Waals surface area contributed by atoms with Crippen LogP contribution in [0.3, 0.4) is 0 Å². The highest BCUT2D eigenvalue weighted by Gasteiger charge is 2.14. The molecule has 1 atom stereocenters. The van der Waals surface area contributed by atoms with Gasteiger partial charge in [-0.2, -0.15) is 0 Å². The van der Waals surface area contributed by atoms with E-state index in [0.717, 1.165) is 5.56 Å². The van der Waals surface area contributed by atoms with Crippen LogP contribution < -0.4 is 5.32 Å². The Morgan fingerprint density at radius 2 is 1.62 bits per heavy atom. The number of benzene rings is 1. The van der Waals surface area contributed by atoms with E-state index in [2.05, 4.69) is 19.2 Å². The van der Waals surface area contributed by atoms with E-state index in [1.807, 2.05) is 32.9 Å². The van der Waals surface area contributed by atoms with Crippen molar-refractivity contribution < 1.29 is 14.3 Å². The van der Waals surface area contributed by atoms with E-state index in [1.54, 1.807) is 12.1 Å². The molecule has 4 heteroatoms. The minimum absolute atomic E-state index is 0.0570. The van der Waals surface area contributed by atoms with E-state index in [0.29, 0.717) is 17.4 Å². The summed E-state index contributed by atoms with van der Waals surface area (Å²) in [5.41, 5.74) is 1.62. The lowest BCUT2D eigenvalue weighted by atomic mass is 10.0. The van der Waals surface area contributed by atoms with E-state index in [4.69, 9.17) is 4.74 Å². The molecule has 1 aromatic carbocycles. The lowest BCUT2D eigenvalue weighted by Gasteiger charge is -2.17. The summed E-state index contributed by atoms with van der Waals surface area (Å²) in [6, 6.07) is 7.32. The maximum Gasteiger partial charge on any atom is 0.338 e. The van der Waals surface area contributed by atoms with Crippen LogP contribution in [0.25, 0.3) is 0 Å². The molecule has 0 fully saturated rings. The number of carbonyl (C=O) groups excluding carboxylic acids is 2. The Bertz CT molecular complexity index is 477. The maximum absolute atomic E-state index is 11.8. The predicted molar refractivity (Wildman–Crippen MR) is 83.3 cm³/mol. The van der Waals surface area contributed by atoms with E-state index in [-0.39, 0.29) is 18.6 Å². The standard InChI is InChI=1S/C17H25NO3/c1-11(2)13(5)18-16(19)10-21-17(20)15-8-6-14(7-9-15)12(3)4/h6-9,11-13H,10H2,1-5H3,(H,18,19)/t13-/m0/s1. The average Bonchev–Trinajstić information content (AvgIpc) is 2.44. The molecule has 4 nitrogen and oxygen atoms in total. The largest absolute Gasteiger partial charge is 0.452 e. The smallest absolute Gasteiger partial charge is 0.338 e. The molecule has 0 aliphatic rings. The van der Waals surface area contributed by atoms with Gasteiger partial charge in [-0.3, -0.25) is 4.79 Å². The number of ether oxygens (including phenoxy) is 1. The number of hydrogen-bond donors (Lipinski definition) is 1. The zero-order valence-electron chi connectivity index (χ0n) is 13.5. The second kappa shape index (κ2) is 7.81. The van der Waals surface area contributed by atoms with Crippen molar-refractivity contribution in [1.82, 2.24) is 5.32 Å². The van der Waals surface area contributed by atoms with Gasteiger partial charge in [0.25, 0.3) is 5.91 Å². The summed E-state index contributed by atoms with van der Waals surface area (Å²) in [6.07, 6.45) is 0. The first-order valence-electron chi connectivity index (χ1n) is 7.37. The molecule has 0 aromatic heterocycles. The van der Waals surface area contributed by atoms with Gasteiger partial charge in [-0.1, -0.05) is 39.8 Å². The number of rotatable bonds is 6. The molecule has 1 aromatic rings. The van der Waals surface area contributed by atoms with Gasteiger partial charge in [-0.05, 0) is 36.5 Å². The van der Waals surface area contributed by atoms with Gasteiger partial charge in [0, 0.05) is 6.04 Å². The molecule has 0 aliphatic heterocycles. The number of hydrogen-bond acceptors (Lipinski definition) is 3. The van der Waals surface area contributed by atoms with Crippen LogP contribution in [0.15, 0.2) is 24.3 Å². The van der Waals surface area contributed by atoms with Crippen LogP contribution in [-0.4, -0.2) is 24.5 Å². The molecule has 1 amide bonds. The van der Waals surface area contributed by atoms with Crippen LogP contribution in [0.4, 0.5) is 0 Å². The highest BCUT2D eigenvalue weighted by atomic mass is 16.5. The molecule has 0 heterocycles. The van der Waals surface area contributed by atoms with Crippen molar-refractivity contribution in [2.24, 2.45) is 5.92 Å². The van der Waals surface area contributed by atoms with Crippen molar-refractivity contribution >= 4 is 11.9 Å². The molecule has 116 valence electrons. The topological polar surface area (TPSA) is 55.4 Å². The van der Waals surface area contributed by atoms with Crippen molar-refractivity contribution in [3.8, 4) is 0 Å². The van der Waals surface area contributed by atoms with Gasteiger partial charge in [-0.25, -0.2) is 4.79 Å². The van der Waals surface area contributed by atoms with Crippen LogP contribution in [0.5, 0.6) is 0 Å². The molecule has 1 rings (SSSR count). The molecule has 0 unspecified atom stereocenters. The fourth-order valence-corrected chi connectivity index (χ4v) is 1.68. The number of carbonyl (C=O) groups is 2. The molecule has 1 N–H and O–H groups in total. The Hall–Kier alpha value is -1.84. The third-order valence-corrected chi connectivity index (χ3v) is 3.54. The molecule has 21 heavy (non-hydrogen) atoms. The van der Waals surface area contributed by atoms with Crippen molar-refractivity contribution in [3.63, 3.8) is 0 Å². The monoisotopic (exact) mass is 291 g/mol. The molecule has 0 saturated heterocycles. The molecule has 0 aliphatic carbocycles. The Morgan fingerprint density at radius 3 is 2.10 bits per heavy atom. The fourth-order valence-electron chi connectivity index (χ4n) is 1.68. The number of amides is 1. The lowest BCUT2D eigenvalue weighted by Crippen LogP contribution is -2.38. The summed E-state index contributed by atoms with van der Waals surface area (Å²) in [5, 5.41) is 2.79. The first-order valence-corrected chi connectivity index (χ1v) is 7.37. The molecule has 0 bridgehead atoms. The van der Waals surface area contributed by atoms with Gasteiger partial charge < -0.3 is 10.1 Å². The number of nitrogens with one attached hydrogen (secondary N) is 1. The molecule has 0 radical (unpaired) electrons. The fraction of sp³-hybridized carbons (Fsp3) is 0.529. The van der Waals surface area contributed by atoms with Crippen LogP contribution >= 0.6 is 0 Å². The van der Waals surface area contributed by atoms with Gasteiger partial charge in [0.05, 0.1) is 5.56 Å². The van der Waals surface area contributed by atoms with Gasteiger partial charge in [-0.15, -0.1) is 0 Å². The molecule has 0 spiro atoms. The molecule has 0 saturated carbocycles. The maximum atomic E-state index is 11.8. The summed E-state index contributed by atoms with van der Waals surface area (Å²) < 4.78 is 5.02. The minimum Gasteiger partial charge on any atom is -0.452 e. The zero-order valence-corrected chi connectivity index (χ0v) is 13.5. The van der Waals surface area contributed by atoms with Crippen molar-refractivity contribution in [1.29, 1.82) is 0 Å².